The van der Waals surface area contributed by atoms with E-state index in [-0.39, 0.29) is 18.2 Å². The molecule has 1 atom stereocenters. The van der Waals surface area contributed by atoms with Crippen LogP contribution in [0.5, 0.6) is 0 Å². The smallest absolute Gasteiger partial charge is 0.363 e. The summed E-state index contributed by atoms with van der Waals surface area (Å²) in [5.74, 6) is 0. The Hall–Kier alpha value is -3.08. The first-order chi connectivity index (χ1) is 15.8. The van der Waals surface area contributed by atoms with Crippen LogP contribution < -0.4 is 4.90 Å². The van der Waals surface area contributed by atoms with Crippen LogP contribution in [0.2, 0.25) is 5.02 Å². The van der Waals surface area contributed by atoms with E-state index in [1.165, 1.54) is 12.1 Å². The van der Waals surface area contributed by atoms with Gasteiger partial charge >= 0.3 is 6.18 Å². The molecule has 1 aliphatic rings. The fourth-order valence-electron chi connectivity index (χ4n) is 4.27. The first-order valence-electron chi connectivity index (χ1n) is 10.5. The molecule has 8 heteroatoms. The summed E-state index contributed by atoms with van der Waals surface area (Å²) in [5, 5.41) is 0.293. The Balaban J connectivity index is 1.63. The first kappa shape index (κ1) is 23.1. The van der Waals surface area contributed by atoms with Gasteiger partial charge in [0.1, 0.15) is 0 Å². The molecule has 33 heavy (non-hydrogen) atoms. The van der Waals surface area contributed by atoms with E-state index >= 15 is 0 Å². The van der Waals surface area contributed by atoms with Crippen LogP contribution in [-0.2, 0) is 19.3 Å². The molecule has 2 aromatic carbocycles. The number of pyridine rings is 1. The van der Waals surface area contributed by atoms with Crippen molar-refractivity contribution in [2.45, 2.75) is 31.7 Å². The second-order valence-corrected chi connectivity index (χ2v) is 8.48. The summed E-state index contributed by atoms with van der Waals surface area (Å²) in [6, 6.07) is 14.6. The molecule has 170 valence electrons. The average Bonchev–Trinajstić information content (AvgIpc) is 3.25. The van der Waals surface area contributed by atoms with Crippen molar-refractivity contribution >= 4 is 23.0 Å². The molecule has 0 radical (unpaired) electrons. The van der Waals surface area contributed by atoms with Gasteiger partial charge in [0.05, 0.1) is 12.1 Å². The van der Waals surface area contributed by atoms with Gasteiger partial charge in [0, 0.05) is 55.3 Å². The Labute approximate surface area is 196 Å². The van der Waals surface area contributed by atoms with Crippen LogP contribution in [-0.4, -0.2) is 29.0 Å². The molecule has 1 aromatic heterocycles. The van der Waals surface area contributed by atoms with Gasteiger partial charge in [-0.15, -0.1) is 0 Å². The molecule has 1 fully saturated rings. The Morgan fingerprint density at radius 3 is 2.67 bits per heavy atom. The summed E-state index contributed by atoms with van der Waals surface area (Å²) >= 11 is 6.29. The van der Waals surface area contributed by atoms with Gasteiger partial charge in [0.25, 0.3) is 0 Å². The topological polar surface area (TPSA) is 23.7 Å². The third kappa shape index (κ3) is 5.47. The quantitative estimate of drug-likeness (QED) is 0.380. The molecular weight excluding hydrogens is 449 g/mol. The van der Waals surface area contributed by atoms with Gasteiger partial charge in [-0.25, -0.2) is 4.85 Å². The number of alkyl halides is 3. The number of nitrogens with zero attached hydrogens (tertiary/aromatic N) is 4. The Morgan fingerprint density at radius 2 is 1.97 bits per heavy atom. The predicted octanol–water partition coefficient (Wildman–Crippen LogP) is 6.59. The SMILES string of the molecule is [C-]#[N+]c1ccc(N(Cc2ccccc2C(F)(F)F)[C@H]2CCN(Cc3cccnc3)C2)cc1Cl. The molecule has 0 amide bonds. The molecule has 0 spiro atoms. The van der Waals surface area contributed by atoms with Gasteiger partial charge < -0.3 is 4.90 Å². The highest BCUT2D eigenvalue weighted by Crippen LogP contribution is 2.36. The molecule has 0 unspecified atom stereocenters. The average molecular weight is 471 g/mol. The van der Waals surface area contributed by atoms with Gasteiger partial charge in [-0.3, -0.25) is 9.88 Å². The van der Waals surface area contributed by atoms with Crippen molar-refractivity contribution in [3.05, 3.63) is 100 Å². The van der Waals surface area contributed by atoms with E-state index in [0.29, 0.717) is 22.9 Å². The molecule has 0 N–H and O–H groups in total. The minimum Gasteiger partial charge on any atom is -0.363 e. The monoisotopic (exact) mass is 470 g/mol. The van der Waals surface area contributed by atoms with Crippen LogP contribution in [0, 0.1) is 6.57 Å². The van der Waals surface area contributed by atoms with Crippen molar-refractivity contribution in [2.24, 2.45) is 0 Å². The lowest BCUT2D eigenvalue weighted by atomic mass is 10.0. The number of rotatable bonds is 6. The Kier molecular flexibility index (Phi) is 6.87. The molecule has 0 saturated carbocycles. The zero-order valence-corrected chi connectivity index (χ0v) is 18.5. The van der Waals surface area contributed by atoms with E-state index in [9.17, 15) is 13.2 Å². The van der Waals surface area contributed by atoms with Crippen molar-refractivity contribution in [1.82, 2.24) is 9.88 Å². The lowest BCUT2D eigenvalue weighted by Crippen LogP contribution is -2.37. The van der Waals surface area contributed by atoms with E-state index in [1.807, 2.05) is 23.2 Å². The van der Waals surface area contributed by atoms with Gasteiger partial charge in [0.2, 0.25) is 5.69 Å². The number of hydrogen-bond donors (Lipinski definition) is 0. The second kappa shape index (κ2) is 9.82. The third-order valence-corrected chi connectivity index (χ3v) is 6.17. The van der Waals surface area contributed by atoms with Gasteiger partial charge in [-0.2, -0.15) is 13.2 Å². The van der Waals surface area contributed by atoms with Gasteiger partial charge in [-0.1, -0.05) is 41.9 Å². The number of halogens is 4. The summed E-state index contributed by atoms with van der Waals surface area (Å²) in [4.78, 5) is 11.8. The van der Waals surface area contributed by atoms with E-state index < -0.39 is 11.7 Å². The molecule has 3 aromatic rings. The van der Waals surface area contributed by atoms with Crippen LogP contribution in [0.25, 0.3) is 4.85 Å². The number of likely N-dealkylation sites (tertiary alicyclic amines) is 1. The molecule has 0 bridgehead atoms. The van der Waals surface area contributed by atoms with E-state index in [4.69, 9.17) is 18.2 Å². The van der Waals surface area contributed by atoms with Crippen molar-refractivity contribution in [3.8, 4) is 0 Å². The largest absolute Gasteiger partial charge is 0.416 e. The molecule has 0 aliphatic carbocycles. The minimum absolute atomic E-state index is 0.00202. The highest BCUT2D eigenvalue weighted by Gasteiger charge is 2.35. The highest BCUT2D eigenvalue weighted by atomic mass is 35.5. The van der Waals surface area contributed by atoms with E-state index in [1.54, 1.807) is 30.5 Å². The third-order valence-electron chi connectivity index (χ3n) is 5.86. The molecule has 1 aliphatic heterocycles. The van der Waals surface area contributed by atoms with Crippen LogP contribution in [0.4, 0.5) is 24.5 Å². The molecule has 4 rings (SSSR count). The zero-order chi connectivity index (χ0) is 23.4. The lowest BCUT2D eigenvalue weighted by Gasteiger charge is -2.33. The first-order valence-corrected chi connectivity index (χ1v) is 10.9. The maximum Gasteiger partial charge on any atom is 0.416 e. The van der Waals surface area contributed by atoms with Crippen LogP contribution in [0.15, 0.2) is 67.0 Å². The number of hydrogen-bond acceptors (Lipinski definition) is 3. The Bertz CT molecular complexity index is 1140. The van der Waals surface area contributed by atoms with Crippen molar-refractivity contribution in [2.75, 3.05) is 18.0 Å². The standard InChI is InChI=1S/C25H22ClF3N4/c1-30-24-9-8-20(13-23(24)26)33(16-19-6-2-3-7-22(19)25(27,28)29)21-10-12-32(17-21)15-18-5-4-11-31-14-18/h2-9,11,13-14,21H,10,12,15-17H2/t21-/m0/s1. The van der Waals surface area contributed by atoms with Gasteiger partial charge in [-0.05, 0) is 41.8 Å². The lowest BCUT2D eigenvalue weighted by molar-refractivity contribution is -0.138. The van der Waals surface area contributed by atoms with Crippen LogP contribution in [0.3, 0.4) is 0 Å². The summed E-state index contributed by atoms with van der Waals surface area (Å²) in [7, 11) is 0. The van der Waals surface area contributed by atoms with Crippen molar-refractivity contribution < 1.29 is 13.2 Å². The maximum atomic E-state index is 13.7. The highest BCUT2D eigenvalue weighted by molar-refractivity contribution is 6.33. The number of benzene rings is 2. The molecular formula is C25H22ClF3N4. The van der Waals surface area contributed by atoms with Crippen molar-refractivity contribution in [3.63, 3.8) is 0 Å². The minimum atomic E-state index is -4.43. The summed E-state index contributed by atoms with van der Waals surface area (Å²) in [6.45, 7) is 9.58. The van der Waals surface area contributed by atoms with E-state index in [2.05, 4.69) is 14.7 Å². The maximum absolute atomic E-state index is 13.7. The molecule has 4 nitrogen and oxygen atoms in total. The Morgan fingerprint density at radius 1 is 1.15 bits per heavy atom. The number of anilines is 1. The fraction of sp³-hybridized carbons (Fsp3) is 0.280. The van der Waals surface area contributed by atoms with Crippen LogP contribution >= 0.6 is 11.6 Å². The summed E-state index contributed by atoms with van der Waals surface area (Å²) < 4.78 is 41.0. The summed E-state index contributed by atoms with van der Waals surface area (Å²) in [5.41, 5.74) is 1.69. The molecule has 1 saturated heterocycles. The number of aromatic nitrogens is 1. The fourth-order valence-corrected chi connectivity index (χ4v) is 4.49. The van der Waals surface area contributed by atoms with E-state index in [0.717, 1.165) is 31.1 Å². The second-order valence-electron chi connectivity index (χ2n) is 8.07. The predicted molar refractivity (Wildman–Crippen MR) is 123 cm³/mol. The summed E-state index contributed by atoms with van der Waals surface area (Å²) in [6.07, 6.45) is -0.0767. The zero-order valence-electron chi connectivity index (χ0n) is 17.8. The van der Waals surface area contributed by atoms with Gasteiger partial charge in [0.15, 0.2) is 0 Å². The van der Waals surface area contributed by atoms with Crippen LogP contribution in [0.1, 0.15) is 23.1 Å². The normalized spacial score (nSPS) is 16.5. The van der Waals surface area contributed by atoms with Crippen molar-refractivity contribution in [1.29, 1.82) is 0 Å². The molecule has 2 heterocycles.